The first-order chi connectivity index (χ1) is 9.51. The number of hydrogen-bond donors (Lipinski definition) is 1. The van der Waals surface area contributed by atoms with Gasteiger partial charge in [-0.05, 0) is 47.9 Å². The molecule has 2 rings (SSSR count). The Morgan fingerprint density at radius 1 is 1.25 bits per heavy atom. The van der Waals surface area contributed by atoms with E-state index in [-0.39, 0.29) is 0 Å². The van der Waals surface area contributed by atoms with E-state index in [2.05, 4.69) is 15.9 Å². The van der Waals surface area contributed by atoms with Crippen molar-refractivity contribution in [3.8, 4) is 5.75 Å². The zero-order chi connectivity index (χ0) is 14.7. The predicted molar refractivity (Wildman–Crippen MR) is 85.5 cm³/mol. The van der Waals surface area contributed by atoms with Gasteiger partial charge in [0.05, 0.1) is 13.2 Å². The maximum Gasteiger partial charge on any atom is 0.119 e. The third-order valence-corrected chi connectivity index (χ3v) is 4.43. The molecule has 0 aliphatic heterocycles. The minimum Gasteiger partial charge on any atom is -0.497 e. The largest absolute Gasteiger partial charge is 0.497 e. The highest BCUT2D eigenvalue weighted by molar-refractivity contribution is 9.10. The number of halogens is 2. The van der Waals surface area contributed by atoms with Gasteiger partial charge in [0.1, 0.15) is 5.75 Å². The highest BCUT2D eigenvalue weighted by Gasteiger charge is 2.12. The SMILES string of the molecule is COc1ccc(Br)c(CC(O)c2ccc(C)c(Cl)c2)c1. The van der Waals surface area contributed by atoms with Crippen LogP contribution in [0.2, 0.25) is 5.02 Å². The summed E-state index contributed by atoms with van der Waals surface area (Å²) >= 11 is 9.59. The maximum absolute atomic E-state index is 10.4. The fourth-order valence-corrected chi connectivity index (χ4v) is 2.57. The molecule has 0 aromatic heterocycles. The molecule has 0 heterocycles. The predicted octanol–water partition coefficient (Wildman–Crippen LogP) is 4.70. The lowest BCUT2D eigenvalue weighted by molar-refractivity contribution is 0.178. The average Bonchev–Trinajstić information content (AvgIpc) is 2.44. The summed E-state index contributed by atoms with van der Waals surface area (Å²) in [5, 5.41) is 11.0. The molecule has 4 heteroatoms. The molecule has 0 aliphatic rings. The smallest absolute Gasteiger partial charge is 0.119 e. The van der Waals surface area contributed by atoms with Gasteiger partial charge in [0.15, 0.2) is 0 Å². The Morgan fingerprint density at radius 3 is 2.65 bits per heavy atom. The first-order valence-corrected chi connectivity index (χ1v) is 7.45. The molecule has 0 radical (unpaired) electrons. The van der Waals surface area contributed by atoms with Crippen molar-refractivity contribution in [1.82, 2.24) is 0 Å². The Kier molecular flexibility index (Phi) is 5.08. The molecule has 0 bridgehead atoms. The molecule has 1 N–H and O–H groups in total. The molecule has 0 amide bonds. The average molecular weight is 356 g/mol. The van der Waals surface area contributed by atoms with Crippen molar-refractivity contribution < 1.29 is 9.84 Å². The lowest BCUT2D eigenvalue weighted by Crippen LogP contribution is -2.03. The van der Waals surface area contributed by atoms with Gasteiger partial charge in [-0.3, -0.25) is 0 Å². The minimum absolute atomic E-state index is 0.497. The van der Waals surface area contributed by atoms with Gasteiger partial charge in [-0.2, -0.15) is 0 Å². The molecule has 2 aromatic carbocycles. The first kappa shape index (κ1) is 15.4. The molecular formula is C16H16BrClO2. The molecule has 1 atom stereocenters. The summed E-state index contributed by atoms with van der Waals surface area (Å²) < 4.78 is 6.16. The summed E-state index contributed by atoms with van der Waals surface area (Å²) in [7, 11) is 1.63. The molecule has 2 aromatic rings. The molecule has 0 aliphatic carbocycles. The molecule has 0 saturated carbocycles. The molecular weight excluding hydrogens is 340 g/mol. The summed E-state index contributed by atoms with van der Waals surface area (Å²) in [5.74, 6) is 0.775. The van der Waals surface area contributed by atoms with Crippen molar-refractivity contribution in [2.24, 2.45) is 0 Å². The second-order valence-electron chi connectivity index (χ2n) is 4.69. The van der Waals surface area contributed by atoms with E-state index in [1.54, 1.807) is 7.11 Å². The monoisotopic (exact) mass is 354 g/mol. The standard InChI is InChI=1S/C16H16BrClO2/c1-10-3-4-11(8-15(10)18)16(19)9-12-7-13(20-2)5-6-14(12)17/h3-8,16,19H,9H2,1-2H3. The van der Waals surface area contributed by atoms with Crippen LogP contribution in [0.3, 0.4) is 0 Å². The van der Waals surface area contributed by atoms with E-state index in [4.69, 9.17) is 16.3 Å². The molecule has 0 saturated heterocycles. The highest BCUT2D eigenvalue weighted by Crippen LogP contribution is 2.29. The fraction of sp³-hybridized carbons (Fsp3) is 0.250. The van der Waals surface area contributed by atoms with Crippen LogP contribution in [0.25, 0.3) is 0 Å². The number of hydrogen-bond acceptors (Lipinski definition) is 2. The zero-order valence-corrected chi connectivity index (χ0v) is 13.7. The van der Waals surface area contributed by atoms with Crippen molar-refractivity contribution in [3.05, 3.63) is 62.6 Å². The number of ether oxygens (including phenoxy) is 1. The van der Waals surface area contributed by atoms with E-state index < -0.39 is 6.10 Å². The van der Waals surface area contributed by atoms with Crippen LogP contribution in [0, 0.1) is 6.92 Å². The molecule has 106 valence electrons. The van der Waals surface area contributed by atoms with Crippen LogP contribution in [-0.2, 0) is 6.42 Å². The lowest BCUT2D eigenvalue weighted by Gasteiger charge is -2.14. The Labute approximate surface area is 132 Å². The third kappa shape index (κ3) is 3.54. The molecule has 20 heavy (non-hydrogen) atoms. The molecule has 1 unspecified atom stereocenters. The Morgan fingerprint density at radius 2 is 2.00 bits per heavy atom. The normalized spacial score (nSPS) is 12.2. The van der Waals surface area contributed by atoms with Gasteiger partial charge in [-0.25, -0.2) is 0 Å². The topological polar surface area (TPSA) is 29.5 Å². The van der Waals surface area contributed by atoms with E-state index in [1.165, 1.54) is 0 Å². The van der Waals surface area contributed by atoms with Gasteiger partial charge in [-0.1, -0.05) is 39.7 Å². The number of rotatable bonds is 4. The van der Waals surface area contributed by atoms with Gasteiger partial charge < -0.3 is 9.84 Å². The van der Waals surface area contributed by atoms with Crippen molar-refractivity contribution in [3.63, 3.8) is 0 Å². The fourth-order valence-electron chi connectivity index (χ4n) is 1.98. The molecule has 2 nitrogen and oxygen atoms in total. The van der Waals surface area contributed by atoms with Gasteiger partial charge in [0.2, 0.25) is 0 Å². The second kappa shape index (κ2) is 6.61. The van der Waals surface area contributed by atoms with Gasteiger partial charge in [0.25, 0.3) is 0 Å². The summed E-state index contributed by atoms with van der Waals surface area (Å²) in [6, 6.07) is 11.4. The quantitative estimate of drug-likeness (QED) is 0.861. The third-order valence-electron chi connectivity index (χ3n) is 3.25. The van der Waals surface area contributed by atoms with Crippen LogP contribution in [0.5, 0.6) is 5.75 Å². The highest BCUT2D eigenvalue weighted by atomic mass is 79.9. The van der Waals surface area contributed by atoms with E-state index in [1.807, 2.05) is 43.3 Å². The minimum atomic E-state index is -0.600. The van der Waals surface area contributed by atoms with E-state index in [0.717, 1.165) is 26.9 Å². The van der Waals surface area contributed by atoms with Crippen LogP contribution in [0.15, 0.2) is 40.9 Å². The van der Waals surface area contributed by atoms with E-state index >= 15 is 0 Å². The molecule has 0 fully saturated rings. The lowest BCUT2D eigenvalue weighted by atomic mass is 10.0. The number of aliphatic hydroxyl groups excluding tert-OH is 1. The molecule has 0 spiro atoms. The zero-order valence-electron chi connectivity index (χ0n) is 11.4. The number of aliphatic hydroxyl groups is 1. The van der Waals surface area contributed by atoms with Gasteiger partial charge in [-0.15, -0.1) is 0 Å². The van der Waals surface area contributed by atoms with Crippen LogP contribution in [0.4, 0.5) is 0 Å². The summed E-state index contributed by atoms with van der Waals surface area (Å²) in [4.78, 5) is 0. The van der Waals surface area contributed by atoms with Crippen molar-refractivity contribution in [2.45, 2.75) is 19.4 Å². The first-order valence-electron chi connectivity index (χ1n) is 6.28. The van der Waals surface area contributed by atoms with Crippen LogP contribution in [0.1, 0.15) is 22.8 Å². The van der Waals surface area contributed by atoms with Crippen LogP contribution < -0.4 is 4.74 Å². The maximum atomic E-state index is 10.4. The number of methoxy groups -OCH3 is 1. The second-order valence-corrected chi connectivity index (χ2v) is 5.95. The van der Waals surface area contributed by atoms with Crippen molar-refractivity contribution >= 4 is 27.5 Å². The van der Waals surface area contributed by atoms with Crippen molar-refractivity contribution in [1.29, 1.82) is 0 Å². The summed E-state index contributed by atoms with van der Waals surface area (Å²) in [6.45, 7) is 1.94. The van der Waals surface area contributed by atoms with Gasteiger partial charge in [0, 0.05) is 15.9 Å². The van der Waals surface area contributed by atoms with E-state index in [0.29, 0.717) is 11.4 Å². The Balaban J connectivity index is 2.22. The van der Waals surface area contributed by atoms with E-state index in [9.17, 15) is 5.11 Å². The van der Waals surface area contributed by atoms with Crippen LogP contribution >= 0.6 is 27.5 Å². The Hall–Kier alpha value is -1.03. The number of aryl methyl sites for hydroxylation is 1. The van der Waals surface area contributed by atoms with Gasteiger partial charge >= 0.3 is 0 Å². The number of benzene rings is 2. The summed E-state index contributed by atoms with van der Waals surface area (Å²) in [5.41, 5.74) is 2.81. The van der Waals surface area contributed by atoms with Crippen LogP contribution in [-0.4, -0.2) is 12.2 Å². The summed E-state index contributed by atoms with van der Waals surface area (Å²) in [6.07, 6.45) is -0.103. The van der Waals surface area contributed by atoms with Crippen molar-refractivity contribution in [2.75, 3.05) is 7.11 Å². The Bertz CT molecular complexity index is 613.